The van der Waals surface area contributed by atoms with E-state index in [1.807, 2.05) is 6.92 Å². The van der Waals surface area contributed by atoms with Crippen molar-refractivity contribution in [3.8, 4) is 0 Å². The number of carbonyl (C=O) groups is 1. The number of carbonyl (C=O) groups excluding carboxylic acids is 1. The van der Waals surface area contributed by atoms with E-state index in [1.54, 1.807) is 18.2 Å². The second-order valence-electron chi connectivity index (χ2n) is 3.35. The van der Waals surface area contributed by atoms with Crippen LogP contribution in [0.5, 0.6) is 0 Å². The molecule has 0 spiro atoms. The minimum absolute atomic E-state index is 0.0595. The van der Waals surface area contributed by atoms with E-state index in [-0.39, 0.29) is 12.2 Å². The maximum Gasteiger partial charge on any atom is 0.325 e. The fourth-order valence-corrected chi connectivity index (χ4v) is 1.22. The van der Waals surface area contributed by atoms with Crippen LogP contribution >= 0.6 is 0 Å². The Balaban J connectivity index is 2.57. The minimum atomic E-state index is -0.500. The van der Waals surface area contributed by atoms with Crippen LogP contribution in [0.25, 0.3) is 0 Å². The first-order chi connectivity index (χ1) is 8.15. The lowest BCUT2D eigenvalue weighted by molar-refractivity contribution is -0.383. The fraction of sp³-hybridized carbons (Fsp3) is 0.364. The van der Waals surface area contributed by atoms with Gasteiger partial charge in [0.2, 0.25) is 0 Å². The first-order valence-corrected chi connectivity index (χ1v) is 5.28. The molecular weight excluding hydrogens is 224 g/mol. The monoisotopic (exact) mass is 238 g/mol. The van der Waals surface area contributed by atoms with Crippen molar-refractivity contribution < 1.29 is 14.5 Å². The largest absolute Gasteiger partial charge is 0.464 e. The summed E-state index contributed by atoms with van der Waals surface area (Å²) >= 11 is 0. The molecule has 0 bridgehead atoms. The lowest BCUT2D eigenvalue weighted by Crippen LogP contribution is -2.17. The second kappa shape index (κ2) is 6.47. The molecule has 1 rings (SSSR count). The van der Waals surface area contributed by atoms with Crippen LogP contribution in [-0.4, -0.2) is 24.0 Å². The Bertz CT molecular complexity index is 406. The Kier molecular flexibility index (Phi) is 4.93. The number of hydrogen-bond acceptors (Lipinski definition) is 5. The topological polar surface area (TPSA) is 81.5 Å². The smallest absolute Gasteiger partial charge is 0.325 e. The van der Waals surface area contributed by atoms with Crippen LogP contribution in [0.15, 0.2) is 24.3 Å². The summed E-state index contributed by atoms with van der Waals surface area (Å²) in [7, 11) is 0. The van der Waals surface area contributed by atoms with E-state index < -0.39 is 10.9 Å². The molecule has 0 aromatic heterocycles. The van der Waals surface area contributed by atoms with Crippen LogP contribution in [0, 0.1) is 10.1 Å². The Morgan fingerprint density at radius 3 is 2.82 bits per heavy atom. The Morgan fingerprint density at radius 2 is 2.18 bits per heavy atom. The van der Waals surface area contributed by atoms with Crippen LogP contribution in [-0.2, 0) is 9.53 Å². The van der Waals surface area contributed by atoms with Crippen LogP contribution in [0.1, 0.15) is 13.3 Å². The van der Waals surface area contributed by atoms with Gasteiger partial charge in [0.05, 0.1) is 11.5 Å². The van der Waals surface area contributed by atoms with Crippen LogP contribution < -0.4 is 5.32 Å². The Labute approximate surface area is 98.7 Å². The molecule has 0 fully saturated rings. The van der Waals surface area contributed by atoms with Gasteiger partial charge in [0.25, 0.3) is 5.69 Å². The quantitative estimate of drug-likeness (QED) is 0.465. The van der Waals surface area contributed by atoms with E-state index in [0.29, 0.717) is 12.3 Å². The molecule has 1 N–H and O–H groups in total. The lowest BCUT2D eigenvalue weighted by atomic mass is 10.2. The normalized spacial score (nSPS) is 9.71. The summed E-state index contributed by atoms with van der Waals surface area (Å²) in [5.41, 5.74) is 0.252. The Morgan fingerprint density at radius 1 is 1.47 bits per heavy atom. The molecule has 0 atom stereocenters. The van der Waals surface area contributed by atoms with Crippen LogP contribution in [0.2, 0.25) is 0 Å². The van der Waals surface area contributed by atoms with Gasteiger partial charge in [0.15, 0.2) is 0 Å². The molecule has 92 valence electrons. The zero-order chi connectivity index (χ0) is 12.7. The van der Waals surface area contributed by atoms with Crippen LogP contribution in [0.3, 0.4) is 0 Å². The summed E-state index contributed by atoms with van der Waals surface area (Å²) < 4.78 is 4.84. The molecule has 1 aromatic rings. The van der Waals surface area contributed by atoms with E-state index in [4.69, 9.17) is 4.74 Å². The number of nitro benzene ring substituents is 1. The van der Waals surface area contributed by atoms with Crippen molar-refractivity contribution in [2.75, 3.05) is 18.5 Å². The molecule has 0 amide bonds. The van der Waals surface area contributed by atoms with Gasteiger partial charge in [-0.3, -0.25) is 14.9 Å². The summed E-state index contributed by atoms with van der Waals surface area (Å²) in [4.78, 5) is 21.4. The third kappa shape index (κ3) is 4.10. The number of nitro groups is 1. The third-order valence-corrected chi connectivity index (χ3v) is 1.99. The number of benzene rings is 1. The van der Waals surface area contributed by atoms with Crippen molar-refractivity contribution >= 4 is 17.3 Å². The molecule has 0 aliphatic carbocycles. The van der Waals surface area contributed by atoms with Crippen molar-refractivity contribution in [3.05, 3.63) is 34.4 Å². The summed E-state index contributed by atoms with van der Waals surface area (Å²) in [6.45, 7) is 2.17. The fourth-order valence-electron chi connectivity index (χ4n) is 1.22. The van der Waals surface area contributed by atoms with Crippen molar-refractivity contribution in [1.82, 2.24) is 0 Å². The van der Waals surface area contributed by atoms with Crippen molar-refractivity contribution in [2.45, 2.75) is 13.3 Å². The first kappa shape index (κ1) is 13.0. The minimum Gasteiger partial charge on any atom is -0.464 e. The highest BCUT2D eigenvalue weighted by Crippen LogP contribution is 2.22. The number of nitrogens with one attached hydrogen (secondary N) is 1. The average molecular weight is 238 g/mol. The predicted molar refractivity (Wildman–Crippen MR) is 62.8 cm³/mol. The van der Waals surface area contributed by atoms with E-state index in [9.17, 15) is 14.9 Å². The molecule has 17 heavy (non-hydrogen) atoms. The zero-order valence-electron chi connectivity index (χ0n) is 9.51. The average Bonchev–Trinajstić information content (AvgIpc) is 2.34. The summed E-state index contributed by atoms with van der Waals surface area (Å²) in [6.07, 6.45) is 0.747. The van der Waals surface area contributed by atoms with Gasteiger partial charge in [-0.15, -0.1) is 0 Å². The molecule has 6 heteroatoms. The number of nitrogens with zero attached hydrogens (tertiary/aromatic N) is 1. The zero-order valence-corrected chi connectivity index (χ0v) is 9.51. The maximum atomic E-state index is 11.2. The standard InChI is InChI=1S/C11H14N2O4/c1-2-7-17-11(14)8-12-9-5-3-4-6-10(9)13(15)16/h3-6,12H,2,7-8H2,1H3. The highest BCUT2D eigenvalue weighted by Gasteiger charge is 2.12. The van der Waals surface area contributed by atoms with Gasteiger partial charge in [-0.25, -0.2) is 0 Å². The molecule has 0 radical (unpaired) electrons. The van der Waals surface area contributed by atoms with Crippen LogP contribution in [0.4, 0.5) is 11.4 Å². The molecular formula is C11H14N2O4. The van der Waals surface area contributed by atoms with Gasteiger partial charge in [-0.05, 0) is 12.5 Å². The number of hydrogen-bond donors (Lipinski definition) is 1. The number of esters is 1. The molecule has 0 unspecified atom stereocenters. The van der Waals surface area contributed by atoms with Gasteiger partial charge in [0, 0.05) is 6.07 Å². The summed E-state index contributed by atoms with van der Waals surface area (Å²) in [5, 5.41) is 13.4. The lowest BCUT2D eigenvalue weighted by Gasteiger charge is -2.06. The maximum absolute atomic E-state index is 11.2. The van der Waals surface area contributed by atoms with Gasteiger partial charge in [-0.1, -0.05) is 19.1 Å². The molecule has 0 saturated heterocycles. The van der Waals surface area contributed by atoms with Gasteiger partial charge < -0.3 is 10.1 Å². The van der Waals surface area contributed by atoms with Crippen molar-refractivity contribution in [1.29, 1.82) is 0 Å². The molecule has 6 nitrogen and oxygen atoms in total. The molecule has 1 aromatic carbocycles. The Hall–Kier alpha value is -2.11. The second-order valence-corrected chi connectivity index (χ2v) is 3.35. The molecule has 0 saturated carbocycles. The molecule has 0 aliphatic rings. The van der Waals surface area contributed by atoms with E-state index in [0.717, 1.165) is 6.42 Å². The summed E-state index contributed by atoms with van der Waals surface area (Å²) in [5.74, 6) is -0.426. The number of anilines is 1. The van der Waals surface area contributed by atoms with E-state index >= 15 is 0 Å². The van der Waals surface area contributed by atoms with Gasteiger partial charge in [0.1, 0.15) is 12.2 Å². The number of para-hydroxylation sites is 2. The van der Waals surface area contributed by atoms with Gasteiger partial charge >= 0.3 is 5.97 Å². The van der Waals surface area contributed by atoms with E-state index in [2.05, 4.69) is 5.32 Å². The van der Waals surface area contributed by atoms with Crippen molar-refractivity contribution in [2.24, 2.45) is 0 Å². The van der Waals surface area contributed by atoms with Crippen molar-refractivity contribution in [3.63, 3.8) is 0 Å². The highest BCUT2D eigenvalue weighted by molar-refractivity contribution is 5.76. The van der Waals surface area contributed by atoms with E-state index in [1.165, 1.54) is 6.07 Å². The first-order valence-electron chi connectivity index (χ1n) is 5.28. The van der Waals surface area contributed by atoms with Gasteiger partial charge in [-0.2, -0.15) is 0 Å². The highest BCUT2D eigenvalue weighted by atomic mass is 16.6. The summed E-state index contributed by atoms with van der Waals surface area (Å²) in [6, 6.07) is 6.15. The predicted octanol–water partition coefficient (Wildman–Crippen LogP) is 1.96. The number of rotatable bonds is 6. The SMILES string of the molecule is CCCOC(=O)CNc1ccccc1[N+](=O)[O-]. The number of ether oxygens (including phenoxy) is 1. The molecule has 0 aliphatic heterocycles. The third-order valence-electron chi connectivity index (χ3n) is 1.99. The molecule has 0 heterocycles.